The SMILES string of the molecule is CC(O)(CNC(=O)COc1ccc(Cl)cc1Cl)c1ccc(F)cc1. The molecule has 1 amide bonds. The van der Waals surface area contributed by atoms with E-state index in [9.17, 15) is 14.3 Å². The zero-order chi connectivity index (χ0) is 17.7. The quantitative estimate of drug-likeness (QED) is 0.816. The zero-order valence-electron chi connectivity index (χ0n) is 12.9. The van der Waals surface area contributed by atoms with E-state index >= 15 is 0 Å². The van der Waals surface area contributed by atoms with Gasteiger partial charge in [-0.15, -0.1) is 0 Å². The lowest BCUT2D eigenvalue weighted by molar-refractivity contribution is -0.124. The van der Waals surface area contributed by atoms with Crippen LogP contribution in [0.15, 0.2) is 42.5 Å². The molecule has 0 radical (unpaired) electrons. The number of hydrogen-bond acceptors (Lipinski definition) is 3. The highest BCUT2D eigenvalue weighted by Crippen LogP contribution is 2.27. The molecule has 0 aliphatic heterocycles. The average molecular weight is 372 g/mol. The fourth-order valence-corrected chi connectivity index (χ4v) is 2.43. The van der Waals surface area contributed by atoms with Gasteiger partial charge in [0.15, 0.2) is 6.61 Å². The molecule has 0 heterocycles. The molecule has 0 aliphatic carbocycles. The van der Waals surface area contributed by atoms with Crippen molar-refractivity contribution < 1.29 is 19.0 Å². The number of aliphatic hydroxyl groups is 1. The van der Waals surface area contributed by atoms with Crippen molar-refractivity contribution in [1.29, 1.82) is 0 Å². The van der Waals surface area contributed by atoms with E-state index in [0.717, 1.165) is 0 Å². The number of carbonyl (C=O) groups excluding carboxylic acids is 1. The Morgan fingerprint density at radius 3 is 2.54 bits per heavy atom. The van der Waals surface area contributed by atoms with E-state index in [2.05, 4.69) is 5.32 Å². The minimum absolute atomic E-state index is 0.0465. The van der Waals surface area contributed by atoms with Gasteiger partial charge in [-0.1, -0.05) is 35.3 Å². The molecule has 4 nitrogen and oxygen atoms in total. The summed E-state index contributed by atoms with van der Waals surface area (Å²) in [5, 5.41) is 13.7. The summed E-state index contributed by atoms with van der Waals surface area (Å²) < 4.78 is 18.2. The monoisotopic (exact) mass is 371 g/mol. The summed E-state index contributed by atoms with van der Waals surface area (Å²) in [6, 6.07) is 10.1. The fraction of sp³-hybridized carbons (Fsp3) is 0.235. The smallest absolute Gasteiger partial charge is 0.258 e. The lowest BCUT2D eigenvalue weighted by atomic mass is 9.96. The normalized spacial score (nSPS) is 13.2. The van der Waals surface area contributed by atoms with Crippen LogP contribution in [0.5, 0.6) is 5.75 Å². The Bertz CT molecular complexity index is 720. The highest BCUT2D eigenvalue weighted by atomic mass is 35.5. The Hall–Kier alpha value is -1.82. The molecule has 0 saturated heterocycles. The van der Waals surface area contributed by atoms with Gasteiger partial charge < -0.3 is 15.2 Å². The van der Waals surface area contributed by atoms with Crippen molar-refractivity contribution in [1.82, 2.24) is 5.32 Å². The molecule has 1 atom stereocenters. The van der Waals surface area contributed by atoms with Gasteiger partial charge >= 0.3 is 0 Å². The van der Waals surface area contributed by atoms with Gasteiger partial charge in [-0.2, -0.15) is 0 Å². The highest BCUT2D eigenvalue weighted by molar-refractivity contribution is 6.35. The second-order valence-electron chi connectivity index (χ2n) is 5.42. The number of carbonyl (C=O) groups is 1. The molecule has 0 aromatic heterocycles. The molecule has 2 aromatic carbocycles. The first-order valence-corrected chi connectivity index (χ1v) is 7.86. The van der Waals surface area contributed by atoms with E-state index in [1.165, 1.54) is 37.3 Å². The third-order valence-electron chi connectivity index (χ3n) is 3.35. The lowest BCUT2D eigenvalue weighted by Gasteiger charge is -2.24. The maximum Gasteiger partial charge on any atom is 0.258 e. The molecule has 0 spiro atoms. The molecule has 1 unspecified atom stereocenters. The summed E-state index contributed by atoms with van der Waals surface area (Å²) in [4.78, 5) is 11.9. The summed E-state index contributed by atoms with van der Waals surface area (Å²) in [7, 11) is 0. The van der Waals surface area contributed by atoms with E-state index in [0.29, 0.717) is 21.4 Å². The van der Waals surface area contributed by atoms with E-state index in [1.54, 1.807) is 12.1 Å². The molecule has 7 heteroatoms. The Balaban J connectivity index is 1.87. The standard InChI is InChI=1S/C17H16Cl2FNO3/c1-17(23,11-2-5-13(20)6-3-11)10-21-16(22)9-24-15-7-4-12(18)8-14(15)19/h2-8,23H,9-10H2,1H3,(H,21,22). The molecule has 128 valence electrons. The predicted molar refractivity (Wildman–Crippen MR) is 90.9 cm³/mol. The molecule has 0 fully saturated rings. The Labute approximate surface area is 149 Å². The average Bonchev–Trinajstić information content (AvgIpc) is 2.52. The second-order valence-corrected chi connectivity index (χ2v) is 6.26. The molecular weight excluding hydrogens is 356 g/mol. The maximum absolute atomic E-state index is 12.9. The van der Waals surface area contributed by atoms with Crippen molar-refractivity contribution in [3.63, 3.8) is 0 Å². The summed E-state index contributed by atoms with van der Waals surface area (Å²) in [6.07, 6.45) is 0. The molecule has 2 aromatic rings. The molecule has 0 saturated carbocycles. The van der Waals surface area contributed by atoms with Crippen LogP contribution in [0, 0.1) is 5.82 Å². The number of amides is 1. The van der Waals surface area contributed by atoms with Crippen LogP contribution < -0.4 is 10.1 Å². The molecule has 0 aliphatic rings. The zero-order valence-corrected chi connectivity index (χ0v) is 14.4. The van der Waals surface area contributed by atoms with Crippen molar-refractivity contribution in [2.24, 2.45) is 0 Å². The van der Waals surface area contributed by atoms with Crippen LogP contribution in [0.3, 0.4) is 0 Å². The van der Waals surface area contributed by atoms with E-state index in [4.69, 9.17) is 27.9 Å². The second kappa shape index (κ2) is 7.83. The maximum atomic E-state index is 12.9. The van der Waals surface area contributed by atoms with Gasteiger partial charge in [0.2, 0.25) is 0 Å². The first-order valence-electron chi connectivity index (χ1n) is 7.11. The highest BCUT2D eigenvalue weighted by Gasteiger charge is 2.24. The fourth-order valence-electron chi connectivity index (χ4n) is 1.97. The van der Waals surface area contributed by atoms with Gasteiger partial charge in [-0.25, -0.2) is 4.39 Å². The summed E-state index contributed by atoms with van der Waals surface area (Å²) in [5.41, 5.74) is -0.841. The Kier molecular flexibility index (Phi) is 6.04. The lowest BCUT2D eigenvalue weighted by Crippen LogP contribution is -2.40. The van der Waals surface area contributed by atoms with Crippen LogP contribution in [-0.2, 0) is 10.4 Å². The van der Waals surface area contributed by atoms with Crippen LogP contribution in [0.2, 0.25) is 10.0 Å². The van der Waals surface area contributed by atoms with Crippen LogP contribution in [0.1, 0.15) is 12.5 Å². The molecule has 2 rings (SSSR count). The third kappa shape index (κ3) is 5.09. The number of ether oxygens (including phenoxy) is 1. The molecule has 24 heavy (non-hydrogen) atoms. The first kappa shape index (κ1) is 18.5. The Morgan fingerprint density at radius 1 is 1.25 bits per heavy atom. The largest absolute Gasteiger partial charge is 0.482 e. The van der Waals surface area contributed by atoms with Crippen LogP contribution in [0.4, 0.5) is 4.39 Å². The van der Waals surface area contributed by atoms with Gasteiger partial charge in [0, 0.05) is 5.02 Å². The number of nitrogens with one attached hydrogen (secondary N) is 1. The van der Waals surface area contributed by atoms with Crippen LogP contribution in [0.25, 0.3) is 0 Å². The van der Waals surface area contributed by atoms with E-state index in [-0.39, 0.29) is 13.2 Å². The molecule has 0 bridgehead atoms. The van der Waals surface area contributed by atoms with Gasteiger partial charge in [-0.3, -0.25) is 4.79 Å². The first-order chi connectivity index (χ1) is 11.3. The number of halogens is 3. The summed E-state index contributed by atoms with van der Waals surface area (Å²) in [5.74, 6) is -0.489. The van der Waals surface area contributed by atoms with Crippen molar-refractivity contribution in [3.8, 4) is 5.75 Å². The molecule has 2 N–H and O–H groups in total. The van der Waals surface area contributed by atoms with Crippen molar-refractivity contribution in [2.45, 2.75) is 12.5 Å². The van der Waals surface area contributed by atoms with Crippen LogP contribution >= 0.6 is 23.2 Å². The summed E-state index contributed by atoms with van der Waals surface area (Å²) in [6.45, 7) is 1.22. The predicted octanol–water partition coefficient (Wildman–Crippen LogP) is 3.54. The van der Waals surface area contributed by atoms with Gasteiger partial charge in [-0.05, 0) is 42.8 Å². The third-order valence-corrected chi connectivity index (χ3v) is 3.88. The summed E-state index contributed by atoms with van der Waals surface area (Å²) >= 11 is 11.7. The number of rotatable bonds is 6. The topological polar surface area (TPSA) is 58.6 Å². The minimum Gasteiger partial charge on any atom is -0.482 e. The van der Waals surface area contributed by atoms with Crippen LogP contribution in [-0.4, -0.2) is 24.2 Å². The van der Waals surface area contributed by atoms with Gasteiger partial charge in [0.1, 0.15) is 17.2 Å². The number of benzene rings is 2. The Morgan fingerprint density at radius 2 is 1.92 bits per heavy atom. The number of hydrogen-bond donors (Lipinski definition) is 2. The van der Waals surface area contributed by atoms with E-state index < -0.39 is 17.3 Å². The van der Waals surface area contributed by atoms with E-state index in [1.807, 2.05) is 0 Å². The molecular formula is C17H16Cl2FNO3. The van der Waals surface area contributed by atoms with Gasteiger partial charge in [0.05, 0.1) is 11.6 Å². The van der Waals surface area contributed by atoms with Crippen molar-refractivity contribution in [2.75, 3.05) is 13.2 Å². The minimum atomic E-state index is -1.33. The van der Waals surface area contributed by atoms with Gasteiger partial charge in [0.25, 0.3) is 5.91 Å². The van der Waals surface area contributed by atoms with Crippen molar-refractivity contribution in [3.05, 3.63) is 63.9 Å². The van der Waals surface area contributed by atoms with Crippen molar-refractivity contribution >= 4 is 29.1 Å².